The summed E-state index contributed by atoms with van der Waals surface area (Å²) < 4.78 is 5.78. The standard InChI is InChI=1S/C17H15Cl2NO2/c18-14-8-4-7-13(16(14)19)17(21)20-9-10-22-15(11-20)12-5-2-1-3-6-12/h1-8,15H,9-11H2. The van der Waals surface area contributed by atoms with Gasteiger partial charge in [-0.15, -0.1) is 0 Å². The van der Waals surface area contributed by atoms with Gasteiger partial charge in [0.25, 0.3) is 5.91 Å². The Morgan fingerprint density at radius 3 is 2.64 bits per heavy atom. The predicted molar refractivity (Wildman–Crippen MR) is 87.5 cm³/mol. The summed E-state index contributed by atoms with van der Waals surface area (Å²) in [5, 5.41) is 0.692. The predicted octanol–water partition coefficient (Wildman–Crippen LogP) is 4.21. The van der Waals surface area contributed by atoms with E-state index in [1.807, 2.05) is 30.3 Å². The van der Waals surface area contributed by atoms with E-state index in [9.17, 15) is 4.79 Å². The molecule has 3 nitrogen and oxygen atoms in total. The van der Waals surface area contributed by atoms with Crippen LogP contribution in [0, 0.1) is 0 Å². The van der Waals surface area contributed by atoms with E-state index in [-0.39, 0.29) is 12.0 Å². The second-order valence-corrected chi connectivity index (χ2v) is 5.91. The maximum absolute atomic E-state index is 12.7. The van der Waals surface area contributed by atoms with E-state index in [0.29, 0.717) is 35.3 Å². The van der Waals surface area contributed by atoms with E-state index in [4.69, 9.17) is 27.9 Å². The van der Waals surface area contributed by atoms with Crippen LogP contribution in [0.25, 0.3) is 0 Å². The van der Waals surface area contributed by atoms with E-state index >= 15 is 0 Å². The van der Waals surface area contributed by atoms with Crippen LogP contribution in [0.3, 0.4) is 0 Å². The average molecular weight is 336 g/mol. The monoisotopic (exact) mass is 335 g/mol. The molecule has 1 aliphatic rings. The van der Waals surface area contributed by atoms with Crippen molar-refractivity contribution in [2.24, 2.45) is 0 Å². The van der Waals surface area contributed by atoms with Gasteiger partial charge in [0.15, 0.2) is 0 Å². The fourth-order valence-electron chi connectivity index (χ4n) is 2.54. The number of benzene rings is 2. The van der Waals surface area contributed by atoms with Crippen molar-refractivity contribution in [1.82, 2.24) is 4.90 Å². The van der Waals surface area contributed by atoms with E-state index in [1.165, 1.54) is 0 Å². The summed E-state index contributed by atoms with van der Waals surface area (Å²) in [6.07, 6.45) is -0.114. The van der Waals surface area contributed by atoms with Crippen LogP contribution >= 0.6 is 23.2 Å². The second kappa shape index (κ2) is 6.69. The van der Waals surface area contributed by atoms with Crippen molar-refractivity contribution in [3.63, 3.8) is 0 Å². The number of morpholine rings is 1. The Kier molecular flexibility index (Phi) is 4.67. The molecule has 114 valence electrons. The maximum atomic E-state index is 12.7. The van der Waals surface area contributed by atoms with Gasteiger partial charge in [-0.2, -0.15) is 0 Å². The molecular formula is C17H15Cl2NO2. The number of hydrogen-bond acceptors (Lipinski definition) is 2. The van der Waals surface area contributed by atoms with Crippen LogP contribution in [0.5, 0.6) is 0 Å². The van der Waals surface area contributed by atoms with Crippen LogP contribution < -0.4 is 0 Å². The van der Waals surface area contributed by atoms with Gasteiger partial charge in [0.1, 0.15) is 6.10 Å². The molecule has 0 N–H and O–H groups in total. The lowest BCUT2D eigenvalue weighted by Gasteiger charge is -2.33. The highest BCUT2D eigenvalue weighted by Gasteiger charge is 2.27. The fraction of sp³-hybridized carbons (Fsp3) is 0.235. The summed E-state index contributed by atoms with van der Waals surface area (Å²) in [6.45, 7) is 1.56. The first kappa shape index (κ1) is 15.3. The summed E-state index contributed by atoms with van der Waals surface area (Å²) in [4.78, 5) is 14.4. The maximum Gasteiger partial charge on any atom is 0.255 e. The first-order valence-electron chi connectivity index (χ1n) is 7.06. The summed E-state index contributed by atoms with van der Waals surface area (Å²) >= 11 is 12.1. The van der Waals surface area contributed by atoms with E-state index in [2.05, 4.69) is 0 Å². The zero-order chi connectivity index (χ0) is 15.5. The van der Waals surface area contributed by atoms with E-state index in [1.54, 1.807) is 23.1 Å². The van der Waals surface area contributed by atoms with Gasteiger partial charge < -0.3 is 9.64 Å². The Hall–Kier alpha value is -1.55. The van der Waals surface area contributed by atoms with Gasteiger partial charge in [0.2, 0.25) is 0 Å². The molecule has 0 radical (unpaired) electrons. The molecule has 22 heavy (non-hydrogen) atoms. The Balaban J connectivity index is 1.80. The topological polar surface area (TPSA) is 29.5 Å². The summed E-state index contributed by atoms with van der Waals surface area (Å²) in [5.41, 5.74) is 1.50. The van der Waals surface area contributed by atoms with Crippen molar-refractivity contribution >= 4 is 29.1 Å². The third-order valence-corrected chi connectivity index (χ3v) is 4.53. The van der Waals surface area contributed by atoms with Crippen LogP contribution in [-0.2, 0) is 4.74 Å². The lowest BCUT2D eigenvalue weighted by molar-refractivity contribution is -0.0228. The highest BCUT2D eigenvalue weighted by atomic mass is 35.5. The lowest BCUT2D eigenvalue weighted by Crippen LogP contribution is -2.42. The number of carbonyl (C=O) groups excluding carboxylic acids is 1. The number of halogens is 2. The molecule has 1 unspecified atom stereocenters. The van der Waals surface area contributed by atoms with Crippen molar-refractivity contribution in [3.8, 4) is 0 Å². The molecule has 2 aromatic rings. The molecule has 1 aliphatic heterocycles. The first-order valence-corrected chi connectivity index (χ1v) is 7.82. The van der Waals surface area contributed by atoms with Gasteiger partial charge in [-0.1, -0.05) is 59.6 Å². The van der Waals surface area contributed by atoms with Crippen LogP contribution in [0.2, 0.25) is 10.0 Å². The van der Waals surface area contributed by atoms with Crippen molar-refractivity contribution in [2.75, 3.05) is 19.7 Å². The summed E-state index contributed by atoms with van der Waals surface area (Å²) in [7, 11) is 0. The third-order valence-electron chi connectivity index (χ3n) is 3.71. The first-order chi connectivity index (χ1) is 10.7. The molecule has 0 aromatic heterocycles. The molecule has 2 aromatic carbocycles. The largest absolute Gasteiger partial charge is 0.370 e. The summed E-state index contributed by atoms with van der Waals surface area (Å²) in [5.74, 6) is -0.114. The Morgan fingerprint density at radius 2 is 1.86 bits per heavy atom. The lowest BCUT2D eigenvalue weighted by atomic mass is 10.1. The number of ether oxygens (including phenoxy) is 1. The Morgan fingerprint density at radius 1 is 1.09 bits per heavy atom. The number of carbonyl (C=O) groups is 1. The van der Waals surface area contributed by atoms with Crippen molar-refractivity contribution < 1.29 is 9.53 Å². The molecular weight excluding hydrogens is 321 g/mol. The smallest absolute Gasteiger partial charge is 0.255 e. The molecule has 0 spiro atoms. The molecule has 3 rings (SSSR count). The van der Waals surface area contributed by atoms with Crippen LogP contribution in [0.15, 0.2) is 48.5 Å². The van der Waals surface area contributed by atoms with Crippen LogP contribution in [0.4, 0.5) is 0 Å². The zero-order valence-electron chi connectivity index (χ0n) is 11.8. The minimum Gasteiger partial charge on any atom is -0.370 e. The molecule has 5 heteroatoms. The normalized spacial score (nSPS) is 18.3. The molecule has 1 atom stereocenters. The number of hydrogen-bond donors (Lipinski definition) is 0. The molecule has 1 saturated heterocycles. The molecule has 1 heterocycles. The average Bonchev–Trinajstić information content (AvgIpc) is 2.58. The number of rotatable bonds is 2. The van der Waals surface area contributed by atoms with Crippen LogP contribution in [-0.4, -0.2) is 30.5 Å². The molecule has 0 aliphatic carbocycles. The van der Waals surface area contributed by atoms with Gasteiger partial charge >= 0.3 is 0 Å². The van der Waals surface area contributed by atoms with Crippen molar-refractivity contribution in [3.05, 3.63) is 69.7 Å². The molecule has 1 fully saturated rings. The zero-order valence-corrected chi connectivity index (χ0v) is 13.3. The number of amides is 1. The highest BCUT2D eigenvalue weighted by molar-refractivity contribution is 6.43. The molecule has 0 saturated carbocycles. The van der Waals surface area contributed by atoms with Gasteiger partial charge in [0, 0.05) is 6.54 Å². The van der Waals surface area contributed by atoms with E-state index < -0.39 is 0 Å². The van der Waals surface area contributed by atoms with Gasteiger partial charge in [-0.3, -0.25) is 4.79 Å². The summed E-state index contributed by atoms with van der Waals surface area (Å²) in [6, 6.07) is 15.0. The molecule has 0 bridgehead atoms. The Bertz CT molecular complexity index is 676. The number of nitrogens with zero attached hydrogens (tertiary/aromatic N) is 1. The van der Waals surface area contributed by atoms with Crippen molar-refractivity contribution in [2.45, 2.75) is 6.10 Å². The van der Waals surface area contributed by atoms with Gasteiger partial charge in [0.05, 0.1) is 28.8 Å². The Labute approximate surface area is 139 Å². The second-order valence-electron chi connectivity index (χ2n) is 5.12. The van der Waals surface area contributed by atoms with Gasteiger partial charge in [-0.05, 0) is 17.7 Å². The highest BCUT2D eigenvalue weighted by Crippen LogP contribution is 2.28. The van der Waals surface area contributed by atoms with Crippen molar-refractivity contribution in [1.29, 1.82) is 0 Å². The third kappa shape index (κ3) is 3.12. The van der Waals surface area contributed by atoms with Crippen LogP contribution in [0.1, 0.15) is 22.0 Å². The molecule has 1 amide bonds. The van der Waals surface area contributed by atoms with E-state index in [0.717, 1.165) is 5.56 Å². The van der Waals surface area contributed by atoms with Gasteiger partial charge in [-0.25, -0.2) is 0 Å². The fourth-order valence-corrected chi connectivity index (χ4v) is 2.92. The quantitative estimate of drug-likeness (QED) is 0.822. The minimum absolute atomic E-state index is 0.114. The minimum atomic E-state index is -0.114. The SMILES string of the molecule is O=C(c1cccc(Cl)c1Cl)N1CCOC(c2ccccc2)C1.